The minimum absolute atomic E-state index is 0.365. The largest absolute Gasteiger partial charge is 0.491 e. The lowest BCUT2D eigenvalue weighted by Crippen LogP contribution is -2.20. The first kappa shape index (κ1) is 16.6. The highest BCUT2D eigenvalue weighted by Crippen LogP contribution is 2.32. The molecule has 1 unspecified atom stereocenters. The predicted octanol–water partition coefficient (Wildman–Crippen LogP) is 5.09. The quantitative estimate of drug-likeness (QED) is 0.793. The summed E-state index contributed by atoms with van der Waals surface area (Å²) in [4.78, 5) is 0. The van der Waals surface area contributed by atoms with Crippen LogP contribution in [0.2, 0.25) is 5.02 Å². The molecule has 1 atom stereocenters. The second-order valence-electron chi connectivity index (χ2n) is 6.64. The maximum atomic E-state index is 10.1. The van der Waals surface area contributed by atoms with Gasteiger partial charge in [-0.3, -0.25) is 0 Å². The monoisotopic (exact) mass is 310 g/mol. The topological polar surface area (TPSA) is 29.5 Å². The molecule has 0 radical (unpaired) electrons. The Balaban J connectivity index is 1.94. The van der Waals surface area contributed by atoms with Crippen molar-refractivity contribution in [3.63, 3.8) is 0 Å². The smallest absolute Gasteiger partial charge is 0.122 e. The molecule has 1 aromatic carbocycles. The van der Waals surface area contributed by atoms with Crippen molar-refractivity contribution in [2.75, 3.05) is 6.61 Å². The molecular formula is C18H27ClO2. The van der Waals surface area contributed by atoms with Crippen LogP contribution in [0.3, 0.4) is 0 Å². The van der Waals surface area contributed by atoms with Crippen LogP contribution in [0.25, 0.3) is 0 Å². The van der Waals surface area contributed by atoms with Crippen LogP contribution in [0.4, 0.5) is 0 Å². The fourth-order valence-electron chi connectivity index (χ4n) is 3.15. The third-order valence-electron chi connectivity index (χ3n) is 4.43. The Hall–Kier alpha value is -0.730. The van der Waals surface area contributed by atoms with Gasteiger partial charge < -0.3 is 9.84 Å². The number of rotatable bonds is 6. The molecule has 1 aliphatic rings. The molecule has 21 heavy (non-hydrogen) atoms. The average molecular weight is 311 g/mol. The van der Waals surface area contributed by atoms with E-state index in [9.17, 15) is 5.11 Å². The van der Waals surface area contributed by atoms with Crippen LogP contribution in [0.15, 0.2) is 12.1 Å². The van der Waals surface area contributed by atoms with Gasteiger partial charge in [0.25, 0.3) is 0 Å². The third-order valence-corrected chi connectivity index (χ3v) is 4.75. The van der Waals surface area contributed by atoms with Gasteiger partial charge in [-0.25, -0.2) is 0 Å². The molecule has 0 bridgehead atoms. The molecule has 118 valence electrons. The molecule has 0 saturated heterocycles. The van der Waals surface area contributed by atoms with Crippen molar-refractivity contribution in [3.8, 4) is 5.75 Å². The maximum Gasteiger partial charge on any atom is 0.122 e. The molecule has 1 saturated carbocycles. The summed E-state index contributed by atoms with van der Waals surface area (Å²) in [6.07, 6.45) is 5.64. The molecule has 0 spiro atoms. The van der Waals surface area contributed by atoms with Gasteiger partial charge in [0.05, 0.1) is 6.10 Å². The number of halogens is 1. The molecule has 0 amide bonds. The van der Waals surface area contributed by atoms with Gasteiger partial charge in [0.1, 0.15) is 12.4 Å². The predicted molar refractivity (Wildman–Crippen MR) is 88.4 cm³/mol. The van der Waals surface area contributed by atoms with Crippen molar-refractivity contribution in [2.24, 2.45) is 5.92 Å². The van der Waals surface area contributed by atoms with E-state index in [1.165, 1.54) is 25.7 Å². The van der Waals surface area contributed by atoms with Gasteiger partial charge in [0.2, 0.25) is 0 Å². The van der Waals surface area contributed by atoms with Crippen molar-refractivity contribution in [3.05, 3.63) is 28.3 Å². The zero-order valence-corrected chi connectivity index (χ0v) is 14.1. The van der Waals surface area contributed by atoms with Gasteiger partial charge >= 0.3 is 0 Å². The van der Waals surface area contributed by atoms with Crippen LogP contribution in [0, 0.1) is 12.8 Å². The summed E-state index contributed by atoms with van der Waals surface area (Å²) in [7, 11) is 0. The van der Waals surface area contributed by atoms with E-state index in [2.05, 4.69) is 13.8 Å². The first-order chi connectivity index (χ1) is 9.97. The zero-order chi connectivity index (χ0) is 15.4. The summed E-state index contributed by atoms with van der Waals surface area (Å²) >= 11 is 6.27. The van der Waals surface area contributed by atoms with Crippen molar-refractivity contribution in [1.29, 1.82) is 0 Å². The number of benzene rings is 1. The number of hydrogen-bond donors (Lipinski definition) is 1. The molecule has 0 heterocycles. The van der Waals surface area contributed by atoms with Crippen molar-refractivity contribution >= 4 is 11.6 Å². The van der Waals surface area contributed by atoms with Crippen LogP contribution in [0.1, 0.15) is 63.0 Å². The number of aryl methyl sites for hydroxylation is 1. The van der Waals surface area contributed by atoms with E-state index in [-0.39, 0.29) is 6.10 Å². The first-order valence-corrected chi connectivity index (χ1v) is 8.46. The molecule has 2 nitrogen and oxygen atoms in total. The van der Waals surface area contributed by atoms with Crippen LogP contribution in [-0.2, 0) is 0 Å². The van der Waals surface area contributed by atoms with Gasteiger partial charge in [0.15, 0.2) is 0 Å². The van der Waals surface area contributed by atoms with Gasteiger partial charge in [-0.2, -0.15) is 0 Å². The summed E-state index contributed by atoms with van der Waals surface area (Å²) in [6.45, 7) is 6.61. The van der Waals surface area contributed by atoms with Crippen LogP contribution < -0.4 is 4.74 Å². The number of aliphatic hydroxyl groups is 1. The van der Waals surface area contributed by atoms with Crippen LogP contribution >= 0.6 is 11.6 Å². The van der Waals surface area contributed by atoms with Crippen molar-refractivity contribution in [2.45, 2.75) is 64.9 Å². The molecule has 2 rings (SSSR count). The Morgan fingerprint density at radius 1 is 1.29 bits per heavy atom. The number of aliphatic hydroxyl groups excluding tert-OH is 1. The fourth-order valence-corrected chi connectivity index (χ4v) is 3.59. The minimum Gasteiger partial charge on any atom is -0.491 e. The second-order valence-corrected chi connectivity index (χ2v) is 7.05. The molecule has 1 aromatic rings. The van der Waals surface area contributed by atoms with E-state index in [0.717, 1.165) is 28.3 Å². The molecule has 1 aliphatic carbocycles. The summed E-state index contributed by atoms with van der Waals surface area (Å²) in [5.74, 6) is 1.89. The van der Waals surface area contributed by atoms with E-state index in [4.69, 9.17) is 16.3 Å². The first-order valence-electron chi connectivity index (χ1n) is 8.08. The standard InChI is InChI=1S/C18H27ClO2/c1-12(2)16-10-18(13(3)8-17(16)19)21-11-15(20)9-14-6-4-5-7-14/h8,10,12,14-15,20H,4-7,9,11H2,1-3H3. The van der Waals surface area contributed by atoms with E-state index in [0.29, 0.717) is 18.4 Å². The molecule has 0 aliphatic heterocycles. The Morgan fingerprint density at radius 3 is 2.57 bits per heavy atom. The zero-order valence-electron chi connectivity index (χ0n) is 13.4. The Bertz CT molecular complexity index is 465. The lowest BCUT2D eigenvalue weighted by Gasteiger charge is -2.18. The Labute approximate surface area is 133 Å². The Kier molecular flexibility index (Phi) is 5.95. The molecule has 0 aromatic heterocycles. The lowest BCUT2D eigenvalue weighted by molar-refractivity contribution is 0.0852. The lowest BCUT2D eigenvalue weighted by atomic mass is 10.00. The number of hydrogen-bond acceptors (Lipinski definition) is 2. The molecule has 1 N–H and O–H groups in total. The van der Waals surface area contributed by atoms with Crippen molar-refractivity contribution < 1.29 is 9.84 Å². The molecule has 1 fully saturated rings. The van der Waals surface area contributed by atoms with Gasteiger partial charge in [-0.05, 0) is 48.4 Å². The normalized spacial score (nSPS) is 17.4. The average Bonchev–Trinajstić information content (AvgIpc) is 2.90. The summed E-state index contributed by atoms with van der Waals surface area (Å²) in [5.41, 5.74) is 2.13. The maximum absolute atomic E-state index is 10.1. The SMILES string of the molecule is Cc1cc(Cl)c(C(C)C)cc1OCC(O)CC1CCCC1. The minimum atomic E-state index is -0.370. The van der Waals surface area contributed by atoms with Gasteiger partial charge in [-0.15, -0.1) is 0 Å². The van der Waals surface area contributed by atoms with Crippen LogP contribution in [0.5, 0.6) is 5.75 Å². The highest BCUT2D eigenvalue weighted by molar-refractivity contribution is 6.31. The van der Waals surface area contributed by atoms with E-state index in [1.54, 1.807) is 0 Å². The second kappa shape index (κ2) is 7.51. The summed E-state index contributed by atoms with van der Waals surface area (Å²) in [6, 6.07) is 3.97. The van der Waals surface area contributed by atoms with Crippen LogP contribution in [-0.4, -0.2) is 17.8 Å². The van der Waals surface area contributed by atoms with Crippen molar-refractivity contribution in [1.82, 2.24) is 0 Å². The van der Waals surface area contributed by atoms with Gasteiger partial charge in [0, 0.05) is 5.02 Å². The molecular weight excluding hydrogens is 284 g/mol. The highest BCUT2D eigenvalue weighted by Gasteiger charge is 2.19. The number of ether oxygens (including phenoxy) is 1. The Morgan fingerprint density at radius 2 is 1.95 bits per heavy atom. The van der Waals surface area contributed by atoms with E-state index < -0.39 is 0 Å². The van der Waals surface area contributed by atoms with Gasteiger partial charge in [-0.1, -0.05) is 51.1 Å². The summed E-state index contributed by atoms with van der Waals surface area (Å²) < 4.78 is 5.85. The fraction of sp³-hybridized carbons (Fsp3) is 0.667. The van der Waals surface area contributed by atoms with E-state index >= 15 is 0 Å². The molecule has 3 heteroatoms. The van der Waals surface area contributed by atoms with E-state index in [1.807, 2.05) is 19.1 Å². The summed E-state index contributed by atoms with van der Waals surface area (Å²) in [5, 5.41) is 10.9. The third kappa shape index (κ3) is 4.62. The highest BCUT2D eigenvalue weighted by atomic mass is 35.5.